The summed E-state index contributed by atoms with van der Waals surface area (Å²) in [5, 5.41) is 18.5. The molecule has 4 rings (SSSR count). The summed E-state index contributed by atoms with van der Waals surface area (Å²) in [7, 11) is 3.95. The van der Waals surface area contributed by atoms with Crippen molar-refractivity contribution in [2.75, 3.05) is 30.9 Å². The summed E-state index contributed by atoms with van der Waals surface area (Å²) in [6.45, 7) is 0.509. The van der Waals surface area contributed by atoms with Crippen LogP contribution in [0, 0.1) is 16.0 Å². The summed E-state index contributed by atoms with van der Waals surface area (Å²) in [6, 6.07) is 14.3. The van der Waals surface area contributed by atoms with E-state index in [0.29, 0.717) is 18.4 Å². The third-order valence-corrected chi connectivity index (χ3v) is 6.08. The highest BCUT2D eigenvalue weighted by atomic mass is 16.6. The Morgan fingerprint density at radius 2 is 1.76 bits per heavy atom. The van der Waals surface area contributed by atoms with Crippen molar-refractivity contribution < 1.29 is 9.72 Å². The van der Waals surface area contributed by atoms with E-state index in [1.165, 1.54) is 12.1 Å². The molecule has 3 aromatic rings. The minimum atomic E-state index is -0.525. The van der Waals surface area contributed by atoms with Crippen molar-refractivity contribution in [3.05, 3.63) is 64.2 Å². The van der Waals surface area contributed by atoms with Gasteiger partial charge in [0, 0.05) is 38.1 Å². The number of nitrogens with zero attached hydrogens (tertiary/aromatic N) is 4. The number of amides is 1. The number of nitro benzene ring substituents is 1. The molecule has 0 spiro atoms. The number of fused-ring (bicyclic) bond motifs is 1. The highest BCUT2D eigenvalue weighted by Gasteiger charge is 2.24. The smallest absolute Gasteiger partial charge is 0.282 e. The van der Waals surface area contributed by atoms with Crippen molar-refractivity contribution in [1.82, 2.24) is 15.3 Å². The molecule has 172 valence electrons. The molecular weight excluding hydrogens is 420 g/mol. The van der Waals surface area contributed by atoms with Crippen LogP contribution >= 0.6 is 0 Å². The highest BCUT2D eigenvalue weighted by Crippen LogP contribution is 2.28. The summed E-state index contributed by atoms with van der Waals surface area (Å²) in [6.07, 6.45) is 3.78. The van der Waals surface area contributed by atoms with Gasteiger partial charge >= 0.3 is 0 Å². The van der Waals surface area contributed by atoms with E-state index in [0.717, 1.165) is 42.4 Å². The van der Waals surface area contributed by atoms with Crippen LogP contribution in [0.2, 0.25) is 0 Å². The van der Waals surface area contributed by atoms with Crippen LogP contribution in [0.1, 0.15) is 36.0 Å². The van der Waals surface area contributed by atoms with Crippen molar-refractivity contribution in [2.45, 2.75) is 31.7 Å². The van der Waals surface area contributed by atoms with Crippen LogP contribution in [0.5, 0.6) is 0 Å². The number of aromatic nitrogens is 2. The van der Waals surface area contributed by atoms with Crippen LogP contribution in [-0.2, 0) is 0 Å². The van der Waals surface area contributed by atoms with E-state index in [-0.39, 0.29) is 17.3 Å². The predicted octanol–water partition coefficient (Wildman–Crippen LogP) is 4.00. The number of nitrogens with one attached hydrogen (secondary N) is 2. The molecule has 1 saturated carbocycles. The maximum atomic E-state index is 12.5. The Labute approximate surface area is 192 Å². The SMILES string of the molecule is CN(C)c1nc(NC2CCC(CNC(=O)c3ccccc3[N+](=O)[O-])CC2)nc2ccccc12. The van der Waals surface area contributed by atoms with Gasteiger partial charge in [-0.3, -0.25) is 14.9 Å². The van der Waals surface area contributed by atoms with Crippen molar-refractivity contribution >= 4 is 34.3 Å². The molecule has 1 aliphatic rings. The number of rotatable bonds is 7. The molecule has 2 N–H and O–H groups in total. The molecule has 9 nitrogen and oxygen atoms in total. The third kappa shape index (κ3) is 5.19. The van der Waals surface area contributed by atoms with Crippen molar-refractivity contribution in [3.63, 3.8) is 0 Å². The molecule has 1 aromatic heterocycles. The average molecular weight is 449 g/mol. The first kappa shape index (κ1) is 22.4. The third-order valence-electron chi connectivity index (χ3n) is 6.08. The van der Waals surface area contributed by atoms with Crippen LogP contribution in [0.4, 0.5) is 17.5 Å². The molecule has 1 amide bonds. The largest absolute Gasteiger partial charge is 0.362 e. The maximum absolute atomic E-state index is 12.5. The Balaban J connectivity index is 1.33. The summed E-state index contributed by atoms with van der Waals surface area (Å²) in [4.78, 5) is 34.5. The van der Waals surface area contributed by atoms with Crippen LogP contribution in [0.25, 0.3) is 10.9 Å². The molecular formula is C24H28N6O3. The second-order valence-corrected chi connectivity index (χ2v) is 8.63. The fraction of sp³-hybridized carbons (Fsp3) is 0.375. The minimum Gasteiger partial charge on any atom is -0.362 e. The molecule has 9 heteroatoms. The van der Waals surface area contributed by atoms with Gasteiger partial charge < -0.3 is 15.5 Å². The van der Waals surface area contributed by atoms with Gasteiger partial charge in [-0.05, 0) is 49.8 Å². The average Bonchev–Trinajstić information content (AvgIpc) is 2.82. The zero-order valence-corrected chi connectivity index (χ0v) is 18.8. The molecule has 0 saturated heterocycles. The highest BCUT2D eigenvalue weighted by molar-refractivity contribution is 5.98. The molecule has 2 aromatic carbocycles. The van der Waals surface area contributed by atoms with E-state index in [1.54, 1.807) is 12.1 Å². The normalized spacial score (nSPS) is 18.0. The Morgan fingerprint density at radius 1 is 1.06 bits per heavy atom. The van der Waals surface area contributed by atoms with Gasteiger partial charge in [0.05, 0.1) is 10.4 Å². The van der Waals surface area contributed by atoms with Crippen LogP contribution in [0.3, 0.4) is 0 Å². The number of benzene rings is 2. The van der Waals surface area contributed by atoms with Gasteiger partial charge in [0.15, 0.2) is 0 Å². The molecule has 1 aliphatic carbocycles. The standard InChI is InChI=1S/C24H28N6O3/c1-29(2)22-18-7-3-5-9-20(18)27-24(28-22)26-17-13-11-16(12-14-17)15-25-23(31)19-8-4-6-10-21(19)30(32)33/h3-10,16-17H,11-15H2,1-2H3,(H,25,31)(H,26,27,28). The van der Waals surface area contributed by atoms with E-state index in [4.69, 9.17) is 4.98 Å². The first-order chi connectivity index (χ1) is 15.9. The summed E-state index contributed by atoms with van der Waals surface area (Å²) in [5.41, 5.74) is 0.837. The lowest BCUT2D eigenvalue weighted by molar-refractivity contribution is -0.385. The molecule has 1 fully saturated rings. The maximum Gasteiger partial charge on any atom is 0.282 e. The second-order valence-electron chi connectivity index (χ2n) is 8.63. The molecule has 0 aliphatic heterocycles. The number of carbonyl (C=O) groups excluding carboxylic acids is 1. The Hall–Kier alpha value is -3.75. The summed E-state index contributed by atoms with van der Waals surface area (Å²) < 4.78 is 0. The monoisotopic (exact) mass is 448 g/mol. The van der Waals surface area contributed by atoms with E-state index in [2.05, 4.69) is 15.6 Å². The van der Waals surface area contributed by atoms with Crippen molar-refractivity contribution in [2.24, 2.45) is 5.92 Å². The van der Waals surface area contributed by atoms with Gasteiger partial charge in [-0.25, -0.2) is 4.98 Å². The molecule has 33 heavy (non-hydrogen) atoms. The summed E-state index contributed by atoms with van der Waals surface area (Å²) in [5.74, 6) is 1.45. The number of para-hydroxylation sites is 2. The fourth-order valence-electron chi connectivity index (χ4n) is 4.32. The first-order valence-corrected chi connectivity index (χ1v) is 11.1. The van der Waals surface area contributed by atoms with Gasteiger partial charge in [0.25, 0.3) is 11.6 Å². The van der Waals surface area contributed by atoms with Gasteiger partial charge in [0.1, 0.15) is 11.4 Å². The van der Waals surface area contributed by atoms with Crippen LogP contribution in [0.15, 0.2) is 48.5 Å². The Morgan fingerprint density at radius 3 is 2.48 bits per heavy atom. The van der Waals surface area contributed by atoms with E-state index < -0.39 is 10.8 Å². The fourth-order valence-corrected chi connectivity index (χ4v) is 4.32. The molecule has 1 heterocycles. The lowest BCUT2D eigenvalue weighted by atomic mass is 9.86. The van der Waals surface area contributed by atoms with Crippen LogP contribution < -0.4 is 15.5 Å². The quantitative estimate of drug-likeness (QED) is 0.415. The number of nitro groups is 1. The van der Waals surface area contributed by atoms with Crippen LogP contribution in [-0.4, -0.2) is 47.5 Å². The minimum absolute atomic E-state index is 0.100. The molecule has 0 bridgehead atoms. The van der Waals surface area contributed by atoms with Gasteiger partial charge in [-0.1, -0.05) is 24.3 Å². The lowest BCUT2D eigenvalue weighted by Crippen LogP contribution is -2.34. The van der Waals surface area contributed by atoms with Gasteiger partial charge in [0.2, 0.25) is 5.95 Å². The zero-order valence-electron chi connectivity index (χ0n) is 18.8. The van der Waals surface area contributed by atoms with E-state index >= 15 is 0 Å². The molecule has 0 radical (unpaired) electrons. The van der Waals surface area contributed by atoms with E-state index in [9.17, 15) is 14.9 Å². The Bertz CT molecular complexity index is 1160. The summed E-state index contributed by atoms with van der Waals surface area (Å²) >= 11 is 0. The topological polar surface area (TPSA) is 113 Å². The number of hydrogen-bond donors (Lipinski definition) is 2. The zero-order chi connectivity index (χ0) is 23.4. The first-order valence-electron chi connectivity index (χ1n) is 11.1. The van der Waals surface area contributed by atoms with Crippen molar-refractivity contribution in [3.8, 4) is 0 Å². The molecule has 0 atom stereocenters. The predicted molar refractivity (Wildman–Crippen MR) is 129 cm³/mol. The number of carbonyl (C=O) groups is 1. The van der Waals surface area contributed by atoms with E-state index in [1.807, 2.05) is 43.3 Å². The van der Waals surface area contributed by atoms with Crippen molar-refractivity contribution in [1.29, 1.82) is 0 Å². The van der Waals surface area contributed by atoms with Gasteiger partial charge in [-0.15, -0.1) is 0 Å². The number of hydrogen-bond acceptors (Lipinski definition) is 7. The lowest BCUT2D eigenvalue weighted by Gasteiger charge is -2.29. The number of anilines is 2. The van der Waals surface area contributed by atoms with Gasteiger partial charge in [-0.2, -0.15) is 4.98 Å². The second kappa shape index (κ2) is 9.81. The Kier molecular flexibility index (Phi) is 6.67. The molecule has 0 unspecified atom stereocenters.